The lowest BCUT2D eigenvalue weighted by molar-refractivity contribution is -0.145. The molecule has 3 rings (SSSR count). The summed E-state index contributed by atoms with van der Waals surface area (Å²) in [4.78, 5) is 42.9. The molecule has 1 saturated heterocycles. The lowest BCUT2D eigenvalue weighted by Gasteiger charge is -2.30. The summed E-state index contributed by atoms with van der Waals surface area (Å²) >= 11 is 0. The van der Waals surface area contributed by atoms with Gasteiger partial charge >= 0.3 is 11.9 Å². The number of amides is 1. The Labute approximate surface area is 175 Å². The number of H-pyrrole nitrogens is 1. The maximum absolute atomic E-state index is 13.1. The quantitative estimate of drug-likeness (QED) is 0.730. The predicted octanol–water partition coefficient (Wildman–Crippen LogP) is 2.57. The van der Waals surface area contributed by atoms with Crippen LogP contribution < -0.4 is 0 Å². The summed E-state index contributed by atoms with van der Waals surface area (Å²) in [5.41, 5.74) is 1.93. The van der Waals surface area contributed by atoms with Crippen LogP contribution >= 0.6 is 0 Å². The first kappa shape index (κ1) is 21.6. The van der Waals surface area contributed by atoms with Gasteiger partial charge in [-0.25, -0.2) is 9.59 Å². The second kappa shape index (κ2) is 9.58. The first-order chi connectivity index (χ1) is 14.4. The smallest absolute Gasteiger partial charge is 0.355 e. The van der Waals surface area contributed by atoms with Crippen LogP contribution in [0.1, 0.15) is 50.7 Å². The Morgan fingerprint density at radius 2 is 1.77 bits per heavy atom. The number of ether oxygens (including phenoxy) is 3. The van der Waals surface area contributed by atoms with Gasteiger partial charge in [0.15, 0.2) is 0 Å². The Kier molecular flexibility index (Phi) is 6.89. The molecule has 0 spiro atoms. The Bertz CT molecular complexity index is 915. The lowest BCUT2D eigenvalue weighted by atomic mass is 10.1. The van der Waals surface area contributed by atoms with Crippen LogP contribution in [0.15, 0.2) is 30.3 Å². The fourth-order valence-electron chi connectivity index (χ4n) is 3.47. The number of benzene rings is 1. The molecule has 2 heterocycles. The van der Waals surface area contributed by atoms with Crippen LogP contribution in [0, 0.1) is 13.8 Å². The molecule has 1 unspecified atom stereocenters. The molecular formula is C22H26N2O6. The van der Waals surface area contributed by atoms with Gasteiger partial charge in [0.05, 0.1) is 25.4 Å². The summed E-state index contributed by atoms with van der Waals surface area (Å²) in [6.45, 7) is 7.02. The monoisotopic (exact) mass is 414 g/mol. The van der Waals surface area contributed by atoms with Crippen molar-refractivity contribution < 1.29 is 28.6 Å². The highest BCUT2D eigenvalue weighted by Crippen LogP contribution is 2.26. The average molecular weight is 414 g/mol. The molecule has 0 radical (unpaired) electrons. The summed E-state index contributed by atoms with van der Waals surface area (Å²) in [6.07, 6.45) is -1.09. The van der Waals surface area contributed by atoms with Crippen molar-refractivity contribution in [2.75, 3.05) is 32.9 Å². The number of nitrogens with one attached hydrogen (secondary N) is 1. The van der Waals surface area contributed by atoms with Crippen LogP contribution in [0.25, 0.3) is 0 Å². The van der Waals surface area contributed by atoms with E-state index in [4.69, 9.17) is 14.2 Å². The normalized spacial score (nSPS) is 14.8. The minimum absolute atomic E-state index is 0.206. The summed E-state index contributed by atoms with van der Waals surface area (Å²) < 4.78 is 16.1. The highest BCUT2D eigenvalue weighted by molar-refractivity contribution is 5.99. The van der Waals surface area contributed by atoms with E-state index in [2.05, 4.69) is 4.98 Å². The van der Waals surface area contributed by atoms with E-state index in [1.807, 2.05) is 6.07 Å². The van der Waals surface area contributed by atoms with Crippen LogP contribution in [-0.4, -0.2) is 60.6 Å². The Morgan fingerprint density at radius 1 is 1.10 bits per heavy atom. The minimum Gasteiger partial charge on any atom is -0.461 e. The number of rotatable bonds is 6. The van der Waals surface area contributed by atoms with Crippen LogP contribution in [0.5, 0.6) is 0 Å². The van der Waals surface area contributed by atoms with Crippen molar-refractivity contribution in [2.24, 2.45) is 0 Å². The number of aromatic amines is 1. The Balaban J connectivity index is 1.88. The maximum Gasteiger partial charge on any atom is 0.355 e. The molecule has 0 saturated carbocycles. The summed E-state index contributed by atoms with van der Waals surface area (Å²) in [5, 5.41) is 0. The molecular weight excluding hydrogens is 388 g/mol. The fraction of sp³-hybridized carbons (Fsp3) is 0.409. The number of morpholine rings is 1. The highest BCUT2D eigenvalue weighted by atomic mass is 16.6. The van der Waals surface area contributed by atoms with Crippen LogP contribution in [0.2, 0.25) is 0 Å². The van der Waals surface area contributed by atoms with E-state index in [0.717, 1.165) is 0 Å². The molecule has 2 aromatic rings. The van der Waals surface area contributed by atoms with Crippen molar-refractivity contribution in [1.82, 2.24) is 9.88 Å². The van der Waals surface area contributed by atoms with Crippen molar-refractivity contribution in [3.05, 3.63) is 58.4 Å². The molecule has 1 aliphatic rings. The molecule has 1 fully saturated rings. The maximum atomic E-state index is 13.1. The van der Waals surface area contributed by atoms with Gasteiger partial charge in [-0.05, 0) is 26.3 Å². The average Bonchev–Trinajstić information content (AvgIpc) is 3.07. The van der Waals surface area contributed by atoms with Crippen LogP contribution in [-0.2, 0) is 19.0 Å². The van der Waals surface area contributed by atoms with Crippen molar-refractivity contribution >= 4 is 17.8 Å². The molecule has 1 amide bonds. The number of hydrogen-bond acceptors (Lipinski definition) is 6. The van der Waals surface area contributed by atoms with Gasteiger partial charge in [-0.3, -0.25) is 4.79 Å². The van der Waals surface area contributed by atoms with Gasteiger partial charge in [-0.15, -0.1) is 0 Å². The SMILES string of the molecule is CCOC(=O)c1[nH]c(C)c(C(=O)OC(C(=O)N2CCOCC2)c2ccccc2)c1C. The molecule has 1 N–H and O–H groups in total. The number of aromatic nitrogens is 1. The second-order valence-corrected chi connectivity index (χ2v) is 6.98. The third-order valence-electron chi connectivity index (χ3n) is 5.00. The summed E-state index contributed by atoms with van der Waals surface area (Å²) in [6, 6.07) is 8.89. The Hall–Kier alpha value is -3.13. The van der Waals surface area contributed by atoms with Gasteiger partial charge in [0.25, 0.3) is 5.91 Å². The highest BCUT2D eigenvalue weighted by Gasteiger charge is 2.33. The number of aryl methyl sites for hydroxylation is 1. The summed E-state index contributed by atoms with van der Waals surface area (Å²) in [5.74, 6) is -1.51. The van der Waals surface area contributed by atoms with E-state index in [0.29, 0.717) is 43.1 Å². The number of hydrogen-bond donors (Lipinski definition) is 1. The predicted molar refractivity (Wildman–Crippen MR) is 108 cm³/mol. The zero-order valence-corrected chi connectivity index (χ0v) is 17.4. The third kappa shape index (κ3) is 4.54. The van der Waals surface area contributed by atoms with Gasteiger partial charge in [-0.2, -0.15) is 0 Å². The van der Waals surface area contributed by atoms with Crippen molar-refractivity contribution in [1.29, 1.82) is 0 Å². The molecule has 1 aromatic heterocycles. The largest absolute Gasteiger partial charge is 0.461 e. The molecule has 30 heavy (non-hydrogen) atoms. The topological polar surface area (TPSA) is 97.9 Å². The molecule has 1 aliphatic heterocycles. The number of nitrogens with zero attached hydrogens (tertiary/aromatic N) is 1. The second-order valence-electron chi connectivity index (χ2n) is 6.98. The van der Waals surface area contributed by atoms with Crippen molar-refractivity contribution in [3.63, 3.8) is 0 Å². The van der Waals surface area contributed by atoms with Gasteiger partial charge < -0.3 is 24.1 Å². The van der Waals surface area contributed by atoms with E-state index < -0.39 is 18.0 Å². The Morgan fingerprint density at radius 3 is 2.40 bits per heavy atom. The molecule has 1 aromatic carbocycles. The van der Waals surface area contributed by atoms with Gasteiger partial charge in [0.2, 0.25) is 6.10 Å². The zero-order valence-electron chi connectivity index (χ0n) is 17.4. The minimum atomic E-state index is -1.09. The summed E-state index contributed by atoms with van der Waals surface area (Å²) in [7, 11) is 0. The zero-order chi connectivity index (χ0) is 21.7. The van der Waals surface area contributed by atoms with Crippen LogP contribution in [0.3, 0.4) is 0 Å². The lowest BCUT2D eigenvalue weighted by Crippen LogP contribution is -2.44. The molecule has 8 nitrogen and oxygen atoms in total. The first-order valence-electron chi connectivity index (χ1n) is 9.92. The number of carbonyl (C=O) groups is 3. The van der Waals surface area contributed by atoms with E-state index in [9.17, 15) is 14.4 Å². The van der Waals surface area contributed by atoms with Gasteiger partial charge in [0, 0.05) is 24.3 Å². The van der Waals surface area contributed by atoms with Crippen molar-refractivity contribution in [3.8, 4) is 0 Å². The molecule has 1 atom stereocenters. The van der Waals surface area contributed by atoms with E-state index in [-0.39, 0.29) is 23.8 Å². The van der Waals surface area contributed by atoms with Gasteiger partial charge in [0.1, 0.15) is 5.69 Å². The third-order valence-corrected chi connectivity index (χ3v) is 5.00. The standard InChI is InChI=1S/C22H26N2O6/c1-4-29-22(27)18-14(2)17(15(3)23-18)21(26)30-19(16-8-6-5-7-9-16)20(25)24-10-12-28-13-11-24/h5-9,19,23H,4,10-13H2,1-3H3. The first-order valence-corrected chi connectivity index (χ1v) is 9.92. The number of carbonyl (C=O) groups excluding carboxylic acids is 3. The molecule has 0 bridgehead atoms. The van der Waals surface area contributed by atoms with E-state index >= 15 is 0 Å². The molecule has 0 aliphatic carbocycles. The molecule has 160 valence electrons. The van der Waals surface area contributed by atoms with Crippen LogP contribution in [0.4, 0.5) is 0 Å². The van der Waals surface area contributed by atoms with E-state index in [1.54, 1.807) is 49.9 Å². The molecule has 8 heteroatoms. The number of esters is 2. The fourth-order valence-corrected chi connectivity index (χ4v) is 3.47. The van der Waals surface area contributed by atoms with Gasteiger partial charge in [-0.1, -0.05) is 30.3 Å². The van der Waals surface area contributed by atoms with E-state index in [1.165, 1.54) is 0 Å². The van der Waals surface area contributed by atoms with Crippen molar-refractivity contribution in [2.45, 2.75) is 26.9 Å².